The van der Waals surface area contributed by atoms with Gasteiger partial charge in [-0.3, -0.25) is 0 Å². The first kappa shape index (κ1) is 10.1. The molecule has 1 unspecified atom stereocenters. The molecule has 0 aliphatic carbocycles. The fourth-order valence-electron chi connectivity index (χ4n) is 1.86. The molecule has 0 radical (unpaired) electrons. The second-order valence-corrected chi connectivity index (χ2v) is 3.72. The van der Waals surface area contributed by atoms with Gasteiger partial charge in [-0.05, 0) is 18.6 Å². The Labute approximate surface area is 89.1 Å². The van der Waals surface area contributed by atoms with E-state index in [1.165, 1.54) is 0 Å². The largest absolute Gasteiger partial charge is 0.330 e. The van der Waals surface area contributed by atoms with Crippen molar-refractivity contribution in [3.8, 4) is 0 Å². The molecule has 0 saturated carbocycles. The van der Waals surface area contributed by atoms with Crippen molar-refractivity contribution in [3.05, 3.63) is 24.2 Å². The SMILES string of the molecule is CCC(CN)c1nc2cccnc2n1C. The summed E-state index contributed by atoms with van der Waals surface area (Å²) in [7, 11) is 2.00. The summed E-state index contributed by atoms with van der Waals surface area (Å²) in [6.07, 6.45) is 2.80. The van der Waals surface area contributed by atoms with Crippen molar-refractivity contribution in [2.45, 2.75) is 19.3 Å². The van der Waals surface area contributed by atoms with Crippen LogP contribution in [0.2, 0.25) is 0 Å². The Bertz CT molecular complexity index is 457. The minimum atomic E-state index is 0.323. The summed E-state index contributed by atoms with van der Waals surface area (Å²) in [5.41, 5.74) is 7.61. The predicted octanol–water partition coefficient (Wildman–Crippen LogP) is 1.42. The van der Waals surface area contributed by atoms with Crippen molar-refractivity contribution >= 4 is 11.2 Å². The lowest BCUT2D eigenvalue weighted by Crippen LogP contribution is -2.15. The molecule has 2 aromatic rings. The van der Waals surface area contributed by atoms with E-state index in [-0.39, 0.29) is 0 Å². The molecular formula is C11H16N4. The Hall–Kier alpha value is -1.42. The monoisotopic (exact) mass is 204 g/mol. The molecule has 0 aromatic carbocycles. The maximum Gasteiger partial charge on any atom is 0.159 e. The highest BCUT2D eigenvalue weighted by Crippen LogP contribution is 2.20. The molecule has 2 aromatic heterocycles. The number of hydrogen-bond donors (Lipinski definition) is 1. The maximum atomic E-state index is 5.73. The van der Waals surface area contributed by atoms with E-state index < -0.39 is 0 Å². The number of nitrogens with zero attached hydrogens (tertiary/aromatic N) is 3. The van der Waals surface area contributed by atoms with Gasteiger partial charge < -0.3 is 10.3 Å². The number of pyridine rings is 1. The van der Waals surface area contributed by atoms with Crippen LogP contribution in [0.4, 0.5) is 0 Å². The number of fused-ring (bicyclic) bond motifs is 1. The molecular weight excluding hydrogens is 188 g/mol. The van der Waals surface area contributed by atoms with Crippen LogP contribution in [-0.4, -0.2) is 21.1 Å². The van der Waals surface area contributed by atoms with E-state index in [1.807, 2.05) is 23.7 Å². The van der Waals surface area contributed by atoms with E-state index >= 15 is 0 Å². The van der Waals surface area contributed by atoms with E-state index in [1.54, 1.807) is 6.20 Å². The van der Waals surface area contributed by atoms with Gasteiger partial charge in [-0.2, -0.15) is 0 Å². The molecule has 0 saturated heterocycles. The quantitative estimate of drug-likeness (QED) is 0.822. The molecule has 0 aliphatic rings. The lowest BCUT2D eigenvalue weighted by molar-refractivity contribution is 0.607. The van der Waals surface area contributed by atoms with E-state index in [0.29, 0.717) is 12.5 Å². The topological polar surface area (TPSA) is 56.7 Å². The summed E-state index contributed by atoms with van der Waals surface area (Å²) in [4.78, 5) is 8.89. The summed E-state index contributed by atoms with van der Waals surface area (Å²) in [5, 5.41) is 0. The summed E-state index contributed by atoms with van der Waals surface area (Å²) < 4.78 is 2.04. The van der Waals surface area contributed by atoms with Gasteiger partial charge in [0.25, 0.3) is 0 Å². The first-order valence-corrected chi connectivity index (χ1v) is 5.25. The Morgan fingerprint density at radius 3 is 2.93 bits per heavy atom. The smallest absolute Gasteiger partial charge is 0.159 e. The first-order valence-electron chi connectivity index (χ1n) is 5.25. The van der Waals surface area contributed by atoms with Gasteiger partial charge in [0, 0.05) is 25.7 Å². The van der Waals surface area contributed by atoms with Crippen LogP contribution in [-0.2, 0) is 7.05 Å². The normalized spacial score (nSPS) is 13.3. The first-order chi connectivity index (χ1) is 7.27. The number of aryl methyl sites for hydroxylation is 1. The van der Waals surface area contributed by atoms with Gasteiger partial charge in [0.2, 0.25) is 0 Å². The van der Waals surface area contributed by atoms with Crippen LogP contribution >= 0.6 is 0 Å². The molecule has 4 heteroatoms. The number of rotatable bonds is 3. The van der Waals surface area contributed by atoms with Crippen LogP contribution in [0.1, 0.15) is 25.1 Å². The molecule has 2 heterocycles. The highest BCUT2D eigenvalue weighted by atomic mass is 15.1. The lowest BCUT2D eigenvalue weighted by Gasteiger charge is -2.11. The zero-order chi connectivity index (χ0) is 10.8. The van der Waals surface area contributed by atoms with Gasteiger partial charge in [-0.25, -0.2) is 9.97 Å². The van der Waals surface area contributed by atoms with Gasteiger partial charge >= 0.3 is 0 Å². The van der Waals surface area contributed by atoms with Crippen molar-refractivity contribution in [1.82, 2.24) is 14.5 Å². The highest BCUT2D eigenvalue weighted by molar-refractivity contribution is 5.71. The molecule has 1 atom stereocenters. The Morgan fingerprint density at radius 2 is 2.33 bits per heavy atom. The third-order valence-corrected chi connectivity index (χ3v) is 2.80. The fourth-order valence-corrected chi connectivity index (χ4v) is 1.86. The zero-order valence-electron chi connectivity index (χ0n) is 9.14. The highest BCUT2D eigenvalue weighted by Gasteiger charge is 2.15. The van der Waals surface area contributed by atoms with E-state index in [0.717, 1.165) is 23.4 Å². The van der Waals surface area contributed by atoms with Crippen LogP contribution in [0.5, 0.6) is 0 Å². The van der Waals surface area contributed by atoms with Crippen LogP contribution in [0.15, 0.2) is 18.3 Å². The Kier molecular flexibility index (Phi) is 2.68. The number of hydrogen-bond acceptors (Lipinski definition) is 3. The van der Waals surface area contributed by atoms with Crippen LogP contribution in [0, 0.1) is 0 Å². The van der Waals surface area contributed by atoms with Crippen molar-refractivity contribution in [2.75, 3.05) is 6.54 Å². The summed E-state index contributed by atoms with van der Waals surface area (Å²) >= 11 is 0. The van der Waals surface area contributed by atoms with Gasteiger partial charge in [-0.1, -0.05) is 6.92 Å². The third kappa shape index (κ3) is 1.61. The van der Waals surface area contributed by atoms with Crippen LogP contribution < -0.4 is 5.73 Å². The van der Waals surface area contributed by atoms with Crippen molar-refractivity contribution in [1.29, 1.82) is 0 Å². The van der Waals surface area contributed by atoms with Gasteiger partial charge in [0.15, 0.2) is 5.65 Å². The third-order valence-electron chi connectivity index (χ3n) is 2.80. The number of aromatic nitrogens is 3. The predicted molar refractivity (Wildman–Crippen MR) is 60.6 cm³/mol. The summed E-state index contributed by atoms with van der Waals surface area (Å²) in [6, 6.07) is 3.89. The average molecular weight is 204 g/mol. The minimum absolute atomic E-state index is 0.323. The minimum Gasteiger partial charge on any atom is -0.330 e. The van der Waals surface area contributed by atoms with Gasteiger partial charge in [0.05, 0.1) is 0 Å². The van der Waals surface area contributed by atoms with E-state index in [2.05, 4.69) is 16.9 Å². The van der Waals surface area contributed by atoms with Gasteiger partial charge in [-0.15, -0.1) is 0 Å². The molecule has 2 rings (SSSR count). The van der Waals surface area contributed by atoms with E-state index in [4.69, 9.17) is 5.73 Å². The molecule has 0 bridgehead atoms. The molecule has 2 N–H and O–H groups in total. The Morgan fingerprint density at radius 1 is 1.53 bits per heavy atom. The lowest BCUT2D eigenvalue weighted by atomic mass is 10.1. The van der Waals surface area contributed by atoms with Crippen molar-refractivity contribution in [2.24, 2.45) is 12.8 Å². The molecule has 0 spiro atoms. The second kappa shape index (κ2) is 3.98. The summed E-state index contributed by atoms with van der Waals surface area (Å²) in [5.74, 6) is 1.36. The zero-order valence-corrected chi connectivity index (χ0v) is 9.14. The number of imidazole rings is 1. The van der Waals surface area contributed by atoms with E-state index in [9.17, 15) is 0 Å². The molecule has 0 amide bonds. The second-order valence-electron chi connectivity index (χ2n) is 3.72. The van der Waals surface area contributed by atoms with Gasteiger partial charge in [0.1, 0.15) is 11.3 Å². The van der Waals surface area contributed by atoms with Crippen molar-refractivity contribution in [3.63, 3.8) is 0 Å². The maximum absolute atomic E-state index is 5.73. The van der Waals surface area contributed by atoms with Crippen LogP contribution in [0.25, 0.3) is 11.2 Å². The Balaban J connectivity index is 2.57. The average Bonchev–Trinajstić information content (AvgIpc) is 2.60. The van der Waals surface area contributed by atoms with Crippen LogP contribution in [0.3, 0.4) is 0 Å². The number of nitrogens with two attached hydrogens (primary N) is 1. The molecule has 4 nitrogen and oxygen atoms in total. The molecule has 0 aliphatic heterocycles. The summed E-state index contributed by atoms with van der Waals surface area (Å²) in [6.45, 7) is 2.76. The molecule has 0 fully saturated rings. The molecule has 15 heavy (non-hydrogen) atoms. The fraction of sp³-hybridized carbons (Fsp3) is 0.455. The van der Waals surface area contributed by atoms with Crippen molar-refractivity contribution < 1.29 is 0 Å². The molecule has 80 valence electrons. The standard InChI is InChI=1S/C11H16N4/c1-3-8(7-12)10-14-9-5-4-6-13-11(9)15(10)2/h4-6,8H,3,7,12H2,1-2H3.